The zero-order chi connectivity index (χ0) is 11.8. The van der Waals surface area contributed by atoms with Crippen LogP contribution in [-0.4, -0.2) is 23.4 Å². The van der Waals surface area contributed by atoms with E-state index >= 15 is 0 Å². The molecule has 0 fully saturated rings. The number of anilines is 1. The zero-order valence-corrected chi connectivity index (χ0v) is 10.0. The van der Waals surface area contributed by atoms with Gasteiger partial charge in [-0.1, -0.05) is 12.1 Å². The van der Waals surface area contributed by atoms with Crippen LogP contribution in [0.1, 0.15) is 0 Å². The van der Waals surface area contributed by atoms with Crippen molar-refractivity contribution in [2.45, 2.75) is 4.90 Å². The molecule has 1 aromatic heterocycles. The molecule has 0 radical (unpaired) electrons. The van der Waals surface area contributed by atoms with Gasteiger partial charge in [-0.3, -0.25) is 0 Å². The second kappa shape index (κ2) is 3.84. The monoisotopic (exact) mass is 255 g/mol. The third-order valence-corrected chi connectivity index (χ3v) is 3.74. The van der Waals surface area contributed by atoms with E-state index in [0.29, 0.717) is 11.5 Å². The molecule has 0 saturated carbocycles. The molecule has 0 bridgehead atoms. The van der Waals surface area contributed by atoms with Crippen molar-refractivity contribution in [1.82, 2.24) is 8.75 Å². The van der Waals surface area contributed by atoms with Crippen LogP contribution in [0.25, 0.3) is 11.3 Å². The normalized spacial score (nSPS) is 11.6. The second-order valence-electron chi connectivity index (χ2n) is 3.29. The SMILES string of the molecule is CS(=O)(=O)c1ccc(-c2nsnc2N)cc1. The molecule has 7 heteroatoms. The first-order valence-corrected chi connectivity index (χ1v) is 6.99. The highest BCUT2D eigenvalue weighted by molar-refractivity contribution is 7.90. The number of nitrogens with zero attached hydrogens (tertiary/aromatic N) is 2. The minimum atomic E-state index is -3.16. The van der Waals surface area contributed by atoms with Gasteiger partial charge in [0, 0.05) is 11.8 Å². The van der Waals surface area contributed by atoms with E-state index < -0.39 is 9.84 Å². The average molecular weight is 255 g/mol. The van der Waals surface area contributed by atoms with Gasteiger partial charge in [0.2, 0.25) is 0 Å². The van der Waals surface area contributed by atoms with Crippen LogP contribution >= 0.6 is 11.7 Å². The summed E-state index contributed by atoms with van der Waals surface area (Å²) in [4.78, 5) is 0.276. The van der Waals surface area contributed by atoms with Gasteiger partial charge in [0.25, 0.3) is 0 Å². The molecule has 0 aliphatic carbocycles. The topological polar surface area (TPSA) is 85.9 Å². The standard InChI is InChI=1S/C9H9N3O2S2/c1-16(13,14)7-4-2-6(3-5-7)8-9(10)12-15-11-8/h2-5H,1H3,(H2,10,12). The smallest absolute Gasteiger partial charge is 0.175 e. The predicted octanol–water partition coefficient (Wildman–Crippen LogP) is 1.19. The van der Waals surface area contributed by atoms with E-state index in [1.165, 1.54) is 18.4 Å². The zero-order valence-electron chi connectivity index (χ0n) is 8.41. The van der Waals surface area contributed by atoms with Crippen molar-refractivity contribution in [3.63, 3.8) is 0 Å². The van der Waals surface area contributed by atoms with Crippen molar-refractivity contribution in [3.8, 4) is 11.3 Å². The van der Waals surface area contributed by atoms with Gasteiger partial charge in [-0.15, -0.1) is 0 Å². The number of rotatable bonds is 2. The van der Waals surface area contributed by atoms with E-state index in [9.17, 15) is 8.42 Å². The Hall–Kier alpha value is -1.47. The quantitative estimate of drug-likeness (QED) is 0.871. The predicted molar refractivity (Wildman–Crippen MR) is 62.9 cm³/mol. The van der Waals surface area contributed by atoms with Crippen LogP contribution in [0.15, 0.2) is 29.2 Å². The lowest BCUT2D eigenvalue weighted by Crippen LogP contribution is -1.96. The van der Waals surface area contributed by atoms with E-state index in [-0.39, 0.29) is 4.90 Å². The third-order valence-electron chi connectivity index (χ3n) is 2.07. The summed E-state index contributed by atoms with van der Waals surface area (Å²) < 4.78 is 30.4. The van der Waals surface area contributed by atoms with E-state index in [1.54, 1.807) is 12.1 Å². The lowest BCUT2D eigenvalue weighted by molar-refractivity contribution is 0.602. The second-order valence-corrected chi connectivity index (χ2v) is 5.84. The van der Waals surface area contributed by atoms with Gasteiger partial charge in [-0.05, 0) is 12.1 Å². The van der Waals surface area contributed by atoms with Crippen molar-refractivity contribution in [2.24, 2.45) is 0 Å². The molecule has 0 amide bonds. The summed E-state index contributed by atoms with van der Waals surface area (Å²) in [6.45, 7) is 0. The van der Waals surface area contributed by atoms with Crippen molar-refractivity contribution >= 4 is 27.4 Å². The first-order chi connectivity index (χ1) is 7.48. The van der Waals surface area contributed by atoms with Crippen LogP contribution in [0.3, 0.4) is 0 Å². The molecule has 0 unspecified atom stereocenters. The Kier molecular flexibility index (Phi) is 2.64. The number of benzene rings is 1. The van der Waals surface area contributed by atoms with E-state index in [4.69, 9.17) is 5.73 Å². The first kappa shape index (κ1) is 11.0. The van der Waals surface area contributed by atoms with Crippen LogP contribution in [0.2, 0.25) is 0 Å². The molecule has 1 heterocycles. The van der Waals surface area contributed by atoms with Crippen LogP contribution in [-0.2, 0) is 9.84 Å². The molecule has 0 saturated heterocycles. The molecule has 2 N–H and O–H groups in total. The van der Waals surface area contributed by atoms with Crippen molar-refractivity contribution in [1.29, 1.82) is 0 Å². The summed E-state index contributed by atoms with van der Waals surface area (Å²) >= 11 is 1.03. The molecule has 5 nitrogen and oxygen atoms in total. The van der Waals surface area contributed by atoms with E-state index in [2.05, 4.69) is 8.75 Å². The lowest BCUT2D eigenvalue weighted by Gasteiger charge is -2.00. The largest absolute Gasteiger partial charge is 0.381 e. The Balaban J connectivity index is 2.45. The van der Waals surface area contributed by atoms with Gasteiger partial charge >= 0.3 is 0 Å². The molecule has 0 aliphatic heterocycles. The van der Waals surface area contributed by atoms with Crippen molar-refractivity contribution in [2.75, 3.05) is 12.0 Å². The van der Waals surface area contributed by atoms with Crippen molar-refractivity contribution in [3.05, 3.63) is 24.3 Å². The summed E-state index contributed by atoms with van der Waals surface area (Å²) in [5, 5.41) is 0. The Morgan fingerprint density at radius 3 is 2.25 bits per heavy atom. The Bertz CT molecular complexity index is 602. The fraction of sp³-hybridized carbons (Fsp3) is 0.111. The first-order valence-electron chi connectivity index (χ1n) is 4.37. The van der Waals surface area contributed by atoms with Gasteiger partial charge < -0.3 is 5.73 Å². The van der Waals surface area contributed by atoms with Gasteiger partial charge in [0.05, 0.1) is 16.6 Å². The molecular weight excluding hydrogens is 246 g/mol. The number of aromatic nitrogens is 2. The maximum absolute atomic E-state index is 11.2. The highest BCUT2D eigenvalue weighted by Gasteiger charge is 2.10. The van der Waals surface area contributed by atoms with Gasteiger partial charge in [-0.25, -0.2) is 8.42 Å². The molecular formula is C9H9N3O2S2. The molecule has 16 heavy (non-hydrogen) atoms. The summed E-state index contributed by atoms with van der Waals surface area (Å²) in [6.07, 6.45) is 1.17. The fourth-order valence-electron chi connectivity index (χ4n) is 1.26. The number of nitrogens with two attached hydrogens (primary N) is 1. The molecule has 0 aliphatic rings. The summed E-state index contributed by atoms with van der Waals surface area (Å²) in [5.41, 5.74) is 6.97. The van der Waals surface area contributed by atoms with Gasteiger partial charge in [0.15, 0.2) is 15.7 Å². The number of nitrogen functional groups attached to an aromatic ring is 1. The number of hydrogen-bond donors (Lipinski definition) is 1. The molecule has 84 valence electrons. The molecule has 2 rings (SSSR count). The molecule has 0 atom stereocenters. The van der Waals surface area contributed by atoms with Crippen LogP contribution in [0, 0.1) is 0 Å². The summed E-state index contributed by atoms with van der Waals surface area (Å²) in [7, 11) is -3.16. The third kappa shape index (κ3) is 2.05. The lowest BCUT2D eigenvalue weighted by atomic mass is 10.1. The van der Waals surface area contributed by atoms with E-state index in [1.807, 2.05) is 0 Å². The minimum Gasteiger partial charge on any atom is -0.381 e. The highest BCUT2D eigenvalue weighted by atomic mass is 32.2. The molecule has 2 aromatic rings. The number of sulfone groups is 1. The molecule has 0 spiro atoms. The summed E-state index contributed by atoms with van der Waals surface area (Å²) in [5.74, 6) is 0.358. The highest BCUT2D eigenvalue weighted by Crippen LogP contribution is 2.24. The van der Waals surface area contributed by atoms with Gasteiger partial charge in [-0.2, -0.15) is 8.75 Å². The maximum atomic E-state index is 11.2. The summed E-state index contributed by atoms with van der Waals surface area (Å²) in [6, 6.07) is 6.40. The Labute approximate surface area is 97.2 Å². The van der Waals surface area contributed by atoms with E-state index in [0.717, 1.165) is 17.3 Å². The van der Waals surface area contributed by atoms with Gasteiger partial charge in [0.1, 0.15) is 5.69 Å². The van der Waals surface area contributed by atoms with Crippen LogP contribution in [0.4, 0.5) is 5.82 Å². The van der Waals surface area contributed by atoms with Crippen LogP contribution in [0.5, 0.6) is 0 Å². The van der Waals surface area contributed by atoms with Crippen molar-refractivity contribution < 1.29 is 8.42 Å². The number of hydrogen-bond acceptors (Lipinski definition) is 6. The average Bonchev–Trinajstić information content (AvgIpc) is 2.63. The Morgan fingerprint density at radius 1 is 1.19 bits per heavy atom. The Morgan fingerprint density at radius 2 is 1.81 bits per heavy atom. The fourth-order valence-corrected chi connectivity index (χ4v) is 2.38. The minimum absolute atomic E-state index is 0.276. The maximum Gasteiger partial charge on any atom is 0.175 e. The van der Waals surface area contributed by atoms with Crippen LogP contribution < -0.4 is 5.73 Å². The molecule has 1 aromatic carbocycles.